The fraction of sp³-hybridized carbons (Fsp3) is 0.0455. The van der Waals surface area contributed by atoms with Crippen molar-refractivity contribution in [3.63, 3.8) is 0 Å². The molecule has 1 amide bonds. The van der Waals surface area contributed by atoms with Crippen molar-refractivity contribution in [1.29, 1.82) is 0 Å². The molecule has 8 nitrogen and oxygen atoms in total. The van der Waals surface area contributed by atoms with Crippen LogP contribution in [0.25, 0.3) is 17.1 Å². The number of nitrogens with zero attached hydrogens (tertiary/aromatic N) is 4. The molecule has 33 heavy (non-hydrogen) atoms. The second-order valence-electron chi connectivity index (χ2n) is 6.74. The summed E-state index contributed by atoms with van der Waals surface area (Å²) in [5, 5.41) is 22.8. The van der Waals surface area contributed by atoms with E-state index in [1.54, 1.807) is 16.7 Å². The molecule has 4 aromatic rings. The molecule has 0 saturated heterocycles. The third kappa shape index (κ3) is 5.18. The molecule has 11 heteroatoms. The van der Waals surface area contributed by atoms with E-state index >= 15 is 0 Å². The molecule has 1 heterocycles. The van der Waals surface area contributed by atoms with Gasteiger partial charge in [-0.25, -0.2) is 4.39 Å². The average molecular weight is 484 g/mol. The van der Waals surface area contributed by atoms with Gasteiger partial charge in [0.15, 0.2) is 11.0 Å². The molecule has 0 unspecified atom stereocenters. The molecule has 0 spiro atoms. The van der Waals surface area contributed by atoms with Crippen LogP contribution in [0.4, 0.5) is 15.8 Å². The molecule has 3 aromatic carbocycles. The molecular weight excluding hydrogens is 469 g/mol. The number of amides is 1. The fourth-order valence-electron chi connectivity index (χ4n) is 3.04. The lowest BCUT2D eigenvalue weighted by molar-refractivity contribution is -0.383. The normalized spacial score (nSPS) is 10.7. The smallest absolute Gasteiger partial charge is 0.294 e. The van der Waals surface area contributed by atoms with Gasteiger partial charge in [-0.3, -0.25) is 19.5 Å². The number of halogens is 2. The third-order valence-corrected chi connectivity index (χ3v) is 5.68. The molecule has 4 rings (SSSR count). The molecule has 1 N–H and O–H groups in total. The number of hydrogen-bond acceptors (Lipinski definition) is 6. The Morgan fingerprint density at radius 1 is 1.09 bits per heavy atom. The van der Waals surface area contributed by atoms with Gasteiger partial charge in [0.05, 0.1) is 10.7 Å². The van der Waals surface area contributed by atoms with Gasteiger partial charge in [0, 0.05) is 22.3 Å². The minimum atomic E-state index is -0.619. The van der Waals surface area contributed by atoms with Gasteiger partial charge in [-0.2, -0.15) is 0 Å². The van der Waals surface area contributed by atoms with Gasteiger partial charge < -0.3 is 5.32 Å². The first kappa shape index (κ1) is 22.4. The van der Waals surface area contributed by atoms with Gasteiger partial charge >= 0.3 is 0 Å². The van der Waals surface area contributed by atoms with Crippen molar-refractivity contribution >= 4 is 40.6 Å². The number of carbonyl (C=O) groups excluding carboxylic acids is 1. The number of nitro benzene ring substituents is 1. The molecule has 166 valence electrons. The number of aromatic nitrogens is 3. The van der Waals surface area contributed by atoms with Crippen molar-refractivity contribution < 1.29 is 14.1 Å². The minimum absolute atomic E-state index is 0.0416. The topological polar surface area (TPSA) is 103 Å². The summed E-state index contributed by atoms with van der Waals surface area (Å²) in [4.78, 5) is 23.1. The van der Waals surface area contributed by atoms with E-state index in [9.17, 15) is 19.3 Å². The van der Waals surface area contributed by atoms with Crippen LogP contribution in [0.3, 0.4) is 0 Å². The Labute approximate surface area is 196 Å². The second kappa shape index (κ2) is 9.80. The van der Waals surface area contributed by atoms with E-state index in [0.29, 0.717) is 16.7 Å². The number of carbonyl (C=O) groups is 1. The van der Waals surface area contributed by atoms with Crippen LogP contribution in [0.5, 0.6) is 0 Å². The minimum Gasteiger partial charge on any atom is -0.320 e. The quantitative estimate of drug-likeness (QED) is 0.215. The molecule has 0 aliphatic carbocycles. The number of nitro groups is 1. The zero-order valence-electron chi connectivity index (χ0n) is 16.8. The highest BCUT2D eigenvalue weighted by molar-refractivity contribution is 7.99. The average Bonchev–Trinajstić information content (AvgIpc) is 3.24. The molecular formula is C22H15ClFN5O3S. The van der Waals surface area contributed by atoms with Crippen molar-refractivity contribution in [2.24, 2.45) is 0 Å². The van der Waals surface area contributed by atoms with Gasteiger partial charge in [-0.1, -0.05) is 53.7 Å². The van der Waals surface area contributed by atoms with Crippen LogP contribution >= 0.6 is 23.4 Å². The second-order valence-corrected chi connectivity index (χ2v) is 8.12. The Hall–Kier alpha value is -3.76. The number of thioether (sulfide) groups is 1. The maximum atomic E-state index is 13.5. The lowest BCUT2D eigenvalue weighted by Gasteiger charge is -2.11. The summed E-state index contributed by atoms with van der Waals surface area (Å²) < 4.78 is 15.2. The standard InChI is InChI=1S/C22H15ClFN5O3S/c23-15-6-11-18(19(12-15)29(31)32)25-20(30)13-33-22-27-26-21(14-4-2-1-3-5-14)28(22)17-9-7-16(24)8-10-17/h1-12H,13H2,(H,25,30). The first-order valence-electron chi connectivity index (χ1n) is 9.56. The zero-order chi connectivity index (χ0) is 23.4. The predicted molar refractivity (Wildman–Crippen MR) is 124 cm³/mol. The van der Waals surface area contributed by atoms with Crippen LogP contribution < -0.4 is 5.32 Å². The number of anilines is 1. The zero-order valence-corrected chi connectivity index (χ0v) is 18.4. The SMILES string of the molecule is O=C(CSc1nnc(-c2ccccc2)n1-c1ccc(F)cc1)Nc1ccc(Cl)cc1[N+](=O)[O-]. The Bertz CT molecular complexity index is 1320. The van der Waals surface area contributed by atoms with Crippen LogP contribution in [-0.2, 0) is 4.79 Å². The van der Waals surface area contributed by atoms with Crippen molar-refractivity contribution in [3.05, 3.63) is 93.8 Å². The van der Waals surface area contributed by atoms with Crippen molar-refractivity contribution in [3.8, 4) is 17.1 Å². The third-order valence-electron chi connectivity index (χ3n) is 4.51. The van der Waals surface area contributed by atoms with Crippen LogP contribution in [-0.4, -0.2) is 31.3 Å². The van der Waals surface area contributed by atoms with Crippen molar-refractivity contribution in [2.45, 2.75) is 5.16 Å². The molecule has 0 aliphatic heterocycles. The summed E-state index contributed by atoms with van der Waals surface area (Å²) in [7, 11) is 0. The van der Waals surface area contributed by atoms with Crippen LogP contribution in [0.15, 0.2) is 78.0 Å². The summed E-state index contributed by atoms with van der Waals surface area (Å²) in [5.41, 5.74) is 1.15. The van der Waals surface area contributed by atoms with Gasteiger partial charge in [0.1, 0.15) is 11.5 Å². The maximum Gasteiger partial charge on any atom is 0.294 e. The first-order valence-corrected chi connectivity index (χ1v) is 10.9. The summed E-state index contributed by atoms with van der Waals surface area (Å²) in [6.45, 7) is 0. The maximum absolute atomic E-state index is 13.5. The Balaban J connectivity index is 1.59. The summed E-state index contributed by atoms with van der Waals surface area (Å²) in [5.74, 6) is -0.418. The highest BCUT2D eigenvalue weighted by Crippen LogP contribution is 2.30. The number of rotatable bonds is 7. The van der Waals surface area contributed by atoms with E-state index in [2.05, 4.69) is 15.5 Å². The van der Waals surface area contributed by atoms with E-state index in [1.165, 1.54) is 30.3 Å². The van der Waals surface area contributed by atoms with E-state index in [4.69, 9.17) is 11.6 Å². The van der Waals surface area contributed by atoms with E-state index in [0.717, 1.165) is 17.3 Å². The monoisotopic (exact) mass is 483 g/mol. The molecule has 0 fully saturated rings. The van der Waals surface area contributed by atoms with Crippen molar-refractivity contribution in [1.82, 2.24) is 14.8 Å². The summed E-state index contributed by atoms with van der Waals surface area (Å²) in [6, 6.07) is 19.1. The molecule has 0 radical (unpaired) electrons. The Kier molecular flexibility index (Phi) is 6.66. The molecule has 0 saturated carbocycles. The van der Waals surface area contributed by atoms with Crippen LogP contribution in [0.2, 0.25) is 5.02 Å². The first-order chi connectivity index (χ1) is 15.9. The lowest BCUT2D eigenvalue weighted by atomic mass is 10.2. The Morgan fingerprint density at radius 3 is 2.52 bits per heavy atom. The van der Waals surface area contributed by atoms with Gasteiger partial charge in [-0.05, 0) is 36.4 Å². The van der Waals surface area contributed by atoms with E-state index in [1.807, 2.05) is 30.3 Å². The fourth-order valence-corrected chi connectivity index (χ4v) is 3.96. The van der Waals surface area contributed by atoms with Crippen LogP contribution in [0.1, 0.15) is 0 Å². The highest BCUT2D eigenvalue weighted by Gasteiger charge is 2.19. The van der Waals surface area contributed by atoms with E-state index < -0.39 is 10.8 Å². The lowest BCUT2D eigenvalue weighted by Crippen LogP contribution is -2.15. The largest absolute Gasteiger partial charge is 0.320 e. The molecule has 0 bridgehead atoms. The van der Waals surface area contributed by atoms with Crippen molar-refractivity contribution in [2.75, 3.05) is 11.1 Å². The highest BCUT2D eigenvalue weighted by atomic mass is 35.5. The van der Waals surface area contributed by atoms with E-state index in [-0.39, 0.29) is 28.0 Å². The summed E-state index contributed by atoms with van der Waals surface area (Å²) >= 11 is 6.91. The van der Waals surface area contributed by atoms with Gasteiger partial charge in [-0.15, -0.1) is 10.2 Å². The Morgan fingerprint density at radius 2 is 1.82 bits per heavy atom. The summed E-state index contributed by atoms with van der Waals surface area (Å²) in [6.07, 6.45) is 0. The molecule has 1 aromatic heterocycles. The molecule has 0 atom stereocenters. The molecule has 0 aliphatic rings. The van der Waals surface area contributed by atoms with Gasteiger partial charge in [0.2, 0.25) is 5.91 Å². The number of nitrogens with one attached hydrogen (secondary N) is 1. The predicted octanol–water partition coefficient (Wildman–Crippen LogP) is 5.37. The van der Waals surface area contributed by atoms with Gasteiger partial charge in [0.25, 0.3) is 5.69 Å². The number of hydrogen-bond donors (Lipinski definition) is 1. The number of benzene rings is 3. The van der Waals surface area contributed by atoms with Crippen LogP contribution in [0, 0.1) is 15.9 Å².